The highest BCUT2D eigenvalue weighted by Crippen LogP contribution is 2.46. The maximum atomic E-state index is 12.6. The highest BCUT2D eigenvalue weighted by atomic mass is 16.6. The summed E-state index contributed by atoms with van der Waals surface area (Å²) < 4.78 is 30.7. The third kappa shape index (κ3) is 5.00. The van der Waals surface area contributed by atoms with Crippen molar-refractivity contribution < 1.29 is 63.2 Å². The molecule has 2 aromatic rings. The van der Waals surface area contributed by atoms with Crippen LogP contribution in [-0.4, -0.2) is 84.6 Å². The lowest BCUT2D eigenvalue weighted by Crippen LogP contribution is -2.47. The quantitative estimate of drug-likeness (QED) is 0.357. The minimum absolute atomic E-state index is 0.0461. The molecule has 1 heterocycles. The Labute approximate surface area is 197 Å². The van der Waals surface area contributed by atoms with Gasteiger partial charge in [-0.15, -0.1) is 0 Å². The molecule has 0 aliphatic carbocycles. The van der Waals surface area contributed by atoms with Crippen LogP contribution >= 0.6 is 0 Å². The molecule has 4 N–H and O–H groups in total. The number of carbonyl (C=O) groups is 3. The van der Waals surface area contributed by atoms with Gasteiger partial charge in [-0.25, -0.2) is 14.4 Å². The molecule has 0 bridgehead atoms. The van der Waals surface area contributed by atoms with Crippen molar-refractivity contribution in [2.75, 3.05) is 34.5 Å². The van der Waals surface area contributed by atoms with Gasteiger partial charge in [-0.3, -0.25) is 0 Å². The van der Waals surface area contributed by atoms with Crippen molar-refractivity contribution in [1.82, 2.24) is 0 Å². The maximum Gasteiger partial charge on any atom is 0.338 e. The Morgan fingerprint density at radius 1 is 1.00 bits per heavy atom. The first kappa shape index (κ1) is 25.4. The van der Waals surface area contributed by atoms with E-state index < -0.39 is 48.6 Å². The van der Waals surface area contributed by atoms with Crippen LogP contribution < -0.4 is 18.9 Å². The molecule has 1 saturated heterocycles. The van der Waals surface area contributed by atoms with Gasteiger partial charge in [0.05, 0.1) is 32.5 Å². The van der Waals surface area contributed by atoms with Crippen LogP contribution in [0.3, 0.4) is 0 Å². The zero-order valence-corrected chi connectivity index (χ0v) is 18.8. The topological polar surface area (TPSA) is 188 Å². The highest BCUT2D eigenvalue weighted by molar-refractivity contribution is 5.92. The molecule has 13 heteroatoms. The summed E-state index contributed by atoms with van der Waals surface area (Å²) in [4.78, 5) is 35.3. The summed E-state index contributed by atoms with van der Waals surface area (Å²) in [5, 5.41) is 39.8. The van der Waals surface area contributed by atoms with Crippen molar-refractivity contribution in [3.05, 3.63) is 35.4 Å². The Bertz CT molecular complexity index is 1130. The van der Waals surface area contributed by atoms with Crippen molar-refractivity contribution in [3.63, 3.8) is 0 Å². The van der Waals surface area contributed by atoms with E-state index in [9.17, 15) is 34.8 Å². The first-order valence-corrected chi connectivity index (χ1v) is 9.87. The molecular weight excluding hydrogens is 472 g/mol. The zero-order valence-electron chi connectivity index (χ0n) is 18.8. The Balaban J connectivity index is 1.94. The van der Waals surface area contributed by atoms with Crippen LogP contribution in [-0.2, 0) is 14.3 Å². The van der Waals surface area contributed by atoms with E-state index in [2.05, 4.69) is 4.74 Å². The number of hydrogen-bond acceptors (Lipinski definition) is 12. The van der Waals surface area contributed by atoms with Crippen molar-refractivity contribution in [3.8, 4) is 34.5 Å². The fourth-order valence-corrected chi connectivity index (χ4v) is 3.12. The van der Waals surface area contributed by atoms with E-state index in [-0.39, 0.29) is 39.9 Å². The summed E-state index contributed by atoms with van der Waals surface area (Å²) in [5.74, 6) is -4.53. The molecule has 1 aliphatic rings. The molecule has 0 aromatic heterocycles. The third-order valence-corrected chi connectivity index (χ3v) is 5.06. The number of methoxy groups -OCH3 is 3. The number of aromatic hydroxyl groups is 1. The number of cyclic esters (lactones) is 1. The second-order valence-corrected chi connectivity index (χ2v) is 7.33. The van der Waals surface area contributed by atoms with Gasteiger partial charge < -0.3 is 48.8 Å². The maximum absolute atomic E-state index is 12.6. The van der Waals surface area contributed by atoms with E-state index >= 15 is 0 Å². The lowest BCUT2D eigenvalue weighted by atomic mass is 10.0. The summed E-state index contributed by atoms with van der Waals surface area (Å²) in [7, 11) is 3.74. The predicted molar refractivity (Wildman–Crippen MR) is 113 cm³/mol. The molecule has 2 atom stereocenters. The number of phenolic OH excluding ortho intramolecular Hbond substituents is 1. The van der Waals surface area contributed by atoms with E-state index in [1.165, 1.54) is 33.5 Å². The molecule has 0 saturated carbocycles. The predicted octanol–water partition coefficient (Wildman–Crippen LogP) is 0.714. The fraction of sp³-hybridized carbons (Fsp3) is 0.318. The molecule has 2 aromatic carbocycles. The number of carbonyl (C=O) groups excluding carboxylic acids is 2. The number of phenols is 1. The minimum Gasteiger partial charge on any atom is -0.502 e. The van der Waals surface area contributed by atoms with Crippen LogP contribution in [0.2, 0.25) is 0 Å². The van der Waals surface area contributed by atoms with Crippen LogP contribution in [0.15, 0.2) is 24.3 Å². The summed E-state index contributed by atoms with van der Waals surface area (Å²) in [5.41, 5.74) is -2.47. The second kappa shape index (κ2) is 9.95. The number of esters is 2. The fourth-order valence-electron chi connectivity index (χ4n) is 3.12. The van der Waals surface area contributed by atoms with Gasteiger partial charge in [0.15, 0.2) is 34.7 Å². The normalized spacial score (nSPS) is 19.0. The summed E-state index contributed by atoms with van der Waals surface area (Å²) in [6.45, 7) is -1.34. The van der Waals surface area contributed by atoms with Crippen molar-refractivity contribution in [2.24, 2.45) is 0 Å². The number of ether oxygens (including phenoxy) is 6. The largest absolute Gasteiger partial charge is 0.502 e. The van der Waals surface area contributed by atoms with E-state index in [0.717, 1.165) is 12.1 Å². The number of carboxylic acid groups (broad SMARTS) is 1. The Morgan fingerprint density at radius 2 is 1.54 bits per heavy atom. The molecule has 35 heavy (non-hydrogen) atoms. The molecule has 1 fully saturated rings. The zero-order chi connectivity index (χ0) is 25.9. The number of rotatable bonds is 9. The third-order valence-electron chi connectivity index (χ3n) is 5.06. The standard InChI is InChI=1S/C22H22O13/c1-30-12-6-11(20(27)33-8-22(29)9-34-21(28)18(22)24)7-13(16(12)23)35-17-14(31-2)4-10(19(25)26)5-15(17)32-3/h4-7,18,23-24,29H,8-9H2,1-3H3,(H,25,26). The number of carboxylic acids is 1. The van der Waals surface area contributed by atoms with Crippen LogP contribution in [0.5, 0.6) is 34.5 Å². The second-order valence-electron chi connectivity index (χ2n) is 7.33. The monoisotopic (exact) mass is 494 g/mol. The number of aliphatic hydroxyl groups is 2. The molecule has 188 valence electrons. The Kier molecular flexibility index (Phi) is 7.22. The highest BCUT2D eigenvalue weighted by Gasteiger charge is 2.49. The molecular formula is C22H22O13. The summed E-state index contributed by atoms with van der Waals surface area (Å²) in [6.07, 6.45) is -1.89. The SMILES string of the molecule is COc1cc(C(=O)OCC2(O)COC(=O)C2O)cc(Oc2c(OC)cc(C(=O)O)cc2OC)c1O. The molecule has 0 amide bonds. The van der Waals surface area contributed by atoms with Gasteiger partial charge in [0.25, 0.3) is 0 Å². The number of aliphatic hydroxyl groups excluding tert-OH is 1. The van der Waals surface area contributed by atoms with Gasteiger partial charge in [-0.2, -0.15) is 0 Å². The molecule has 0 radical (unpaired) electrons. The first-order chi connectivity index (χ1) is 16.5. The molecule has 13 nitrogen and oxygen atoms in total. The average molecular weight is 494 g/mol. The minimum atomic E-state index is -2.13. The summed E-state index contributed by atoms with van der Waals surface area (Å²) >= 11 is 0. The van der Waals surface area contributed by atoms with Crippen LogP contribution in [0, 0.1) is 0 Å². The number of aromatic carboxylic acids is 1. The van der Waals surface area contributed by atoms with E-state index in [1.54, 1.807) is 0 Å². The smallest absolute Gasteiger partial charge is 0.338 e. The van der Waals surface area contributed by atoms with Gasteiger partial charge in [-0.1, -0.05) is 0 Å². The van der Waals surface area contributed by atoms with Crippen molar-refractivity contribution >= 4 is 17.9 Å². The first-order valence-electron chi connectivity index (χ1n) is 9.87. The summed E-state index contributed by atoms with van der Waals surface area (Å²) in [6, 6.07) is 4.55. The Hall–Kier alpha value is -4.23. The molecule has 1 aliphatic heterocycles. The van der Waals surface area contributed by atoms with Gasteiger partial charge >= 0.3 is 17.9 Å². The van der Waals surface area contributed by atoms with Gasteiger partial charge in [-0.05, 0) is 24.3 Å². The van der Waals surface area contributed by atoms with Gasteiger partial charge in [0, 0.05) is 0 Å². The number of benzene rings is 2. The molecule has 2 unspecified atom stereocenters. The van der Waals surface area contributed by atoms with E-state index in [4.69, 9.17) is 23.7 Å². The molecule has 0 spiro atoms. The average Bonchev–Trinajstić information content (AvgIpc) is 3.11. The van der Waals surface area contributed by atoms with Crippen molar-refractivity contribution in [1.29, 1.82) is 0 Å². The lowest BCUT2D eigenvalue weighted by molar-refractivity contribution is -0.147. The van der Waals surface area contributed by atoms with Crippen molar-refractivity contribution in [2.45, 2.75) is 11.7 Å². The lowest BCUT2D eigenvalue weighted by Gasteiger charge is -2.22. The Morgan fingerprint density at radius 3 is 2.03 bits per heavy atom. The van der Waals surface area contributed by atoms with E-state index in [1.807, 2.05) is 0 Å². The van der Waals surface area contributed by atoms with Crippen LogP contribution in [0.4, 0.5) is 0 Å². The number of hydrogen-bond donors (Lipinski definition) is 4. The van der Waals surface area contributed by atoms with Crippen LogP contribution in [0.1, 0.15) is 20.7 Å². The van der Waals surface area contributed by atoms with Gasteiger partial charge in [0.1, 0.15) is 13.2 Å². The van der Waals surface area contributed by atoms with Gasteiger partial charge in [0.2, 0.25) is 11.5 Å². The molecule has 3 rings (SSSR count). The van der Waals surface area contributed by atoms with E-state index in [0.29, 0.717) is 0 Å². The van der Waals surface area contributed by atoms with Crippen LogP contribution in [0.25, 0.3) is 0 Å².